The van der Waals surface area contributed by atoms with E-state index in [2.05, 4.69) is 10.9 Å². The van der Waals surface area contributed by atoms with Crippen LogP contribution in [-0.2, 0) is 4.79 Å². The van der Waals surface area contributed by atoms with E-state index in [9.17, 15) is 14.4 Å². The normalized spacial score (nSPS) is 10.4. The van der Waals surface area contributed by atoms with Gasteiger partial charge < -0.3 is 4.74 Å². The van der Waals surface area contributed by atoms with E-state index in [1.165, 1.54) is 12.2 Å². The van der Waals surface area contributed by atoms with E-state index in [4.69, 9.17) is 4.74 Å². The SMILES string of the molecule is Cc1ccc(C(=O)NNC(=O)/C=C/c2ccccc2OC(=O)c2ccccc2)cc1. The molecule has 0 saturated heterocycles. The van der Waals surface area contributed by atoms with E-state index >= 15 is 0 Å². The largest absolute Gasteiger partial charge is 0.422 e. The molecule has 0 atom stereocenters. The van der Waals surface area contributed by atoms with Crippen LogP contribution in [0.25, 0.3) is 6.08 Å². The van der Waals surface area contributed by atoms with Crippen LogP contribution in [-0.4, -0.2) is 17.8 Å². The van der Waals surface area contributed by atoms with Gasteiger partial charge in [-0.1, -0.05) is 54.1 Å². The molecule has 0 unspecified atom stereocenters. The third-order valence-electron chi connectivity index (χ3n) is 4.16. The van der Waals surface area contributed by atoms with E-state index in [1.54, 1.807) is 60.7 Å². The van der Waals surface area contributed by atoms with Crippen molar-refractivity contribution in [2.24, 2.45) is 0 Å². The number of rotatable bonds is 5. The molecule has 0 bridgehead atoms. The van der Waals surface area contributed by atoms with Crippen LogP contribution in [0.5, 0.6) is 5.75 Å². The van der Waals surface area contributed by atoms with Gasteiger partial charge in [0.2, 0.25) is 0 Å². The van der Waals surface area contributed by atoms with E-state index in [-0.39, 0.29) is 0 Å². The van der Waals surface area contributed by atoms with E-state index < -0.39 is 17.8 Å². The zero-order valence-corrected chi connectivity index (χ0v) is 16.3. The highest BCUT2D eigenvalue weighted by Gasteiger charge is 2.10. The fourth-order valence-corrected chi connectivity index (χ4v) is 2.55. The van der Waals surface area contributed by atoms with Gasteiger partial charge in [-0.25, -0.2) is 4.79 Å². The molecule has 0 saturated carbocycles. The number of aryl methyl sites for hydroxylation is 1. The molecular formula is C24H20N2O4. The summed E-state index contributed by atoms with van der Waals surface area (Å²) in [6.45, 7) is 1.92. The van der Waals surface area contributed by atoms with E-state index in [0.717, 1.165) is 5.56 Å². The maximum Gasteiger partial charge on any atom is 0.343 e. The average molecular weight is 400 g/mol. The minimum Gasteiger partial charge on any atom is -0.422 e. The molecule has 6 nitrogen and oxygen atoms in total. The zero-order chi connectivity index (χ0) is 21.3. The number of nitrogens with one attached hydrogen (secondary N) is 2. The van der Waals surface area contributed by atoms with Gasteiger partial charge in [0.05, 0.1) is 5.56 Å². The fraction of sp³-hybridized carbons (Fsp3) is 0.0417. The summed E-state index contributed by atoms with van der Waals surface area (Å²) in [6, 6.07) is 22.4. The number of ether oxygens (including phenoxy) is 1. The minimum atomic E-state index is -0.528. The Morgan fingerprint density at radius 1 is 0.767 bits per heavy atom. The van der Waals surface area contributed by atoms with Crippen molar-refractivity contribution in [3.05, 3.63) is 107 Å². The molecule has 3 aromatic rings. The Kier molecular flexibility index (Phi) is 6.74. The van der Waals surface area contributed by atoms with Gasteiger partial charge in [-0.05, 0) is 43.3 Å². The molecule has 0 heterocycles. The standard InChI is InChI=1S/C24H20N2O4/c1-17-11-13-19(14-12-17)23(28)26-25-22(27)16-15-18-7-5-6-10-21(18)30-24(29)20-8-3-2-4-9-20/h2-16H,1H3,(H,25,27)(H,26,28)/b16-15+. The molecule has 3 rings (SSSR count). The summed E-state index contributed by atoms with van der Waals surface area (Å²) < 4.78 is 5.44. The number of para-hydroxylation sites is 1. The Hall–Kier alpha value is -4.19. The van der Waals surface area contributed by atoms with E-state index in [0.29, 0.717) is 22.4 Å². The number of benzene rings is 3. The molecule has 150 valence electrons. The zero-order valence-electron chi connectivity index (χ0n) is 16.3. The fourth-order valence-electron chi connectivity index (χ4n) is 2.55. The molecular weight excluding hydrogens is 380 g/mol. The Morgan fingerprint density at radius 2 is 1.43 bits per heavy atom. The number of carbonyl (C=O) groups excluding carboxylic acids is 3. The summed E-state index contributed by atoms with van der Waals surface area (Å²) in [7, 11) is 0. The predicted molar refractivity (Wildman–Crippen MR) is 114 cm³/mol. The minimum absolute atomic E-state index is 0.319. The van der Waals surface area contributed by atoms with Crippen molar-refractivity contribution in [1.29, 1.82) is 0 Å². The van der Waals surface area contributed by atoms with E-state index in [1.807, 2.05) is 25.1 Å². The Morgan fingerprint density at radius 3 is 2.17 bits per heavy atom. The second kappa shape index (κ2) is 9.84. The predicted octanol–water partition coefficient (Wildman–Crippen LogP) is 3.69. The van der Waals surface area contributed by atoms with Gasteiger partial charge in [-0.2, -0.15) is 0 Å². The number of hydrogen-bond acceptors (Lipinski definition) is 4. The van der Waals surface area contributed by atoms with Crippen LogP contribution in [0.15, 0.2) is 84.9 Å². The summed E-state index contributed by atoms with van der Waals surface area (Å²) in [4.78, 5) is 36.3. The van der Waals surface area contributed by atoms with Crippen LogP contribution in [0.4, 0.5) is 0 Å². The molecule has 2 N–H and O–H groups in total. The molecule has 30 heavy (non-hydrogen) atoms. The third kappa shape index (κ3) is 5.65. The van der Waals surface area contributed by atoms with Crippen molar-refractivity contribution in [3.63, 3.8) is 0 Å². The highest BCUT2D eigenvalue weighted by Crippen LogP contribution is 2.20. The number of amides is 2. The Balaban J connectivity index is 1.60. The van der Waals surface area contributed by atoms with Gasteiger partial charge in [-0.15, -0.1) is 0 Å². The van der Waals surface area contributed by atoms with Crippen molar-refractivity contribution < 1.29 is 19.1 Å². The summed E-state index contributed by atoms with van der Waals surface area (Å²) in [5.74, 6) is -1.13. The average Bonchev–Trinajstić information content (AvgIpc) is 2.78. The van der Waals surface area contributed by atoms with Crippen LogP contribution in [0.2, 0.25) is 0 Å². The Labute approximate surface area is 174 Å². The van der Waals surface area contributed by atoms with Crippen molar-refractivity contribution in [3.8, 4) is 5.75 Å². The molecule has 0 aliphatic heterocycles. The lowest BCUT2D eigenvalue weighted by Crippen LogP contribution is -2.40. The second-order valence-corrected chi connectivity index (χ2v) is 6.44. The monoisotopic (exact) mass is 400 g/mol. The maximum absolute atomic E-state index is 12.3. The van der Waals surface area contributed by atoms with Crippen molar-refractivity contribution in [2.45, 2.75) is 6.92 Å². The highest BCUT2D eigenvalue weighted by molar-refractivity contribution is 5.98. The van der Waals surface area contributed by atoms with Gasteiger partial charge >= 0.3 is 5.97 Å². The topological polar surface area (TPSA) is 84.5 Å². The summed E-state index contributed by atoms with van der Waals surface area (Å²) >= 11 is 0. The smallest absolute Gasteiger partial charge is 0.343 e. The van der Waals surface area contributed by atoms with Gasteiger partial charge in [0.15, 0.2) is 0 Å². The second-order valence-electron chi connectivity index (χ2n) is 6.44. The highest BCUT2D eigenvalue weighted by atomic mass is 16.5. The molecule has 2 amide bonds. The summed E-state index contributed by atoms with van der Waals surface area (Å²) in [5, 5.41) is 0. The molecule has 0 spiro atoms. The van der Waals surface area contributed by atoms with Crippen LogP contribution >= 0.6 is 0 Å². The molecule has 0 radical (unpaired) electrons. The lowest BCUT2D eigenvalue weighted by Gasteiger charge is -2.08. The quantitative estimate of drug-likeness (QED) is 0.296. The molecule has 0 fully saturated rings. The molecule has 3 aromatic carbocycles. The summed E-state index contributed by atoms with van der Waals surface area (Å²) in [5.41, 5.74) is 7.10. The Bertz CT molecular complexity index is 1070. The summed E-state index contributed by atoms with van der Waals surface area (Å²) in [6.07, 6.45) is 2.74. The number of hydrogen-bond donors (Lipinski definition) is 2. The lowest BCUT2D eigenvalue weighted by atomic mass is 10.1. The first-order chi connectivity index (χ1) is 14.5. The van der Waals surface area contributed by atoms with Crippen molar-refractivity contribution >= 4 is 23.9 Å². The molecule has 0 aliphatic carbocycles. The number of carbonyl (C=O) groups is 3. The van der Waals surface area contributed by atoms with Crippen molar-refractivity contribution in [1.82, 2.24) is 10.9 Å². The third-order valence-corrected chi connectivity index (χ3v) is 4.16. The van der Waals surface area contributed by atoms with Crippen molar-refractivity contribution in [2.75, 3.05) is 0 Å². The lowest BCUT2D eigenvalue weighted by molar-refractivity contribution is -0.117. The van der Waals surface area contributed by atoms with Crippen LogP contribution < -0.4 is 15.6 Å². The van der Waals surface area contributed by atoms with Gasteiger partial charge in [0.1, 0.15) is 5.75 Å². The van der Waals surface area contributed by atoms with Gasteiger partial charge in [0.25, 0.3) is 11.8 Å². The van der Waals surface area contributed by atoms with Crippen LogP contribution in [0.3, 0.4) is 0 Å². The first-order valence-electron chi connectivity index (χ1n) is 9.24. The number of hydrazine groups is 1. The molecule has 0 aromatic heterocycles. The molecule has 0 aliphatic rings. The van der Waals surface area contributed by atoms with Crippen LogP contribution in [0, 0.1) is 6.92 Å². The van der Waals surface area contributed by atoms with Crippen LogP contribution in [0.1, 0.15) is 31.8 Å². The van der Waals surface area contributed by atoms with Gasteiger partial charge in [-0.3, -0.25) is 20.4 Å². The maximum atomic E-state index is 12.3. The first kappa shape index (κ1) is 20.5. The number of esters is 1. The molecule has 6 heteroatoms. The van der Waals surface area contributed by atoms with Gasteiger partial charge in [0, 0.05) is 17.2 Å². The first-order valence-corrected chi connectivity index (χ1v) is 9.24.